The third kappa shape index (κ3) is 5.44. The smallest absolute Gasteiger partial charge is 0.185 e. The van der Waals surface area contributed by atoms with Crippen molar-refractivity contribution in [3.8, 4) is 0 Å². The number of ether oxygens (including phenoxy) is 1. The van der Waals surface area contributed by atoms with E-state index < -0.39 is 0 Å². The topological polar surface area (TPSA) is 85.7 Å². The largest absolute Gasteiger partial charge is 0.381 e. The van der Waals surface area contributed by atoms with Crippen molar-refractivity contribution in [1.82, 2.24) is 5.32 Å². The van der Waals surface area contributed by atoms with Crippen molar-refractivity contribution in [2.45, 2.75) is 31.3 Å². The first-order valence-electron chi connectivity index (χ1n) is 7.07. The average Bonchev–Trinajstić information content (AvgIpc) is 2.47. The Labute approximate surface area is 143 Å². The first kappa shape index (κ1) is 18.2. The maximum absolute atomic E-state index is 5.48. The molecular weight excluding hydrogens is 379 g/mol. The van der Waals surface area contributed by atoms with Crippen molar-refractivity contribution >= 4 is 29.9 Å². The minimum atomic E-state index is -0.0858. The fourth-order valence-electron chi connectivity index (χ4n) is 2.64. The van der Waals surface area contributed by atoms with Gasteiger partial charge in [-0.2, -0.15) is 0 Å². The van der Waals surface area contributed by atoms with Crippen LogP contribution in [0.25, 0.3) is 0 Å². The molecule has 0 bridgehead atoms. The average molecular weight is 404 g/mol. The van der Waals surface area contributed by atoms with E-state index in [4.69, 9.17) is 16.2 Å². The van der Waals surface area contributed by atoms with E-state index in [-0.39, 0.29) is 41.5 Å². The first-order chi connectivity index (χ1) is 9.61. The molecule has 5 N–H and O–H groups in total. The number of halogens is 1. The van der Waals surface area contributed by atoms with Gasteiger partial charge < -0.3 is 21.5 Å². The molecule has 1 aliphatic heterocycles. The van der Waals surface area contributed by atoms with Crippen LogP contribution in [0.5, 0.6) is 0 Å². The molecule has 0 aliphatic carbocycles. The summed E-state index contributed by atoms with van der Waals surface area (Å²) in [5.41, 5.74) is 12.1. The molecule has 1 unspecified atom stereocenters. The summed E-state index contributed by atoms with van der Waals surface area (Å²) < 4.78 is 5.47. The molecule has 118 valence electrons. The van der Waals surface area contributed by atoms with Crippen LogP contribution in [0.1, 0.15) is 31.4 Å². The van der Waals surface area contributed by atoms with Gasteiger partial charge in [-0.1, -0.05) is 30.3 Å². The Bertz CT molecular complexity index is 442. The minimum absolute atomic E-state index is 0. The zero-order valence-electron chi connectivity index (χ0n) is 12.4. The maximum Gasteiger partial charge on any atom is 0.185 e. The minimum Gasteiger partial charge on any atom is -0.381 e. The van der Waals surface area contributed by atoms with Gasteiger partial charge in [0.05, 0.1) is 6.54 Å². The maximum atomic E-state index is 5.48. The summed E-state index contributed by atoms with van der Waals surface area (Å²) in [5, 5.41) is 3.71. The second-order valence-corrected chi connectivity index (χ2v) is 5.41. The summed E-state index contributed by atoms with van der Waals surface area (Å²) in [6.45, 7) is 4.25. The van der Waals surface area contributed by atoms with Crippen molar-refractivity contribution in [3.05, 3.63) is 35.9 Å². The molecular formula is C15H25IN4O. The molecule has 5 nitrogen and oxygen atoms in total. The summed E-state index contributed by atoms with van der Waals surface area (Å²) in [4.78, 5) is 4.22. The number of nitrogens with zero attached hydrogens (tertiary/aromatic N) is 1. The summed E-state index contributed by atoms with van der Waals surface area (Å²) in [6.07, 6.45) is 1.84. The van der Waals surface area contributed by atoms with Gasteiger partial charge in [-0.15, -0.1) is 24.0 Å². The highest BCUT2D eigenvalue weighted by molar-refractivity contribution is 14.0. The predicted molar refractivity (Wildman–Crippen MR) is 96.9 cm³/mol. The number of hydrogen-bond donors (Lipinski definition) is 3. The molecule has 6 heteroatoms. The molecule has 0 radical (unpaired) electrons. The Hall–Kier alpha value is -0.860. The monoisotopic (exact) mass is 404 g/mol. The lowest BCUT2D eigenvalue weighted by Crippen LogP contribution is -2.53. The highest BCUT2D eigenvalue weighted by Gasteiger charge is 2.33. The van der Waals surface area contributed by atoms with Gasteiger partial charge in [-0.3, -0.25) is 4.99 Å². The Morgan fingerprint density at radius 3 is 2.48 bits per heavy atom. The standard InChI is InChI=1S/C15H24N4O.HI/c1-12(13-5-3-2-4-6-13)19-15(11-18-14(16)17)7-9-20-10-8-15;/h2-6,12,19H,7-11H2,1H3,(H4,16,17,18);1H. The van der Waals surface area contributed by atoms with Gasteiger partial charge in [0.2, 0.25) is 0 Å². The molecule has 0 aromatic heterocycles. The molecule has 1 atom stereocenters. The van der Waals surface area contributed by atoms with E-state index in [0.29, 0.717) is 6.54 Å². The van der Waals surface area contributed by atoms with E-state index in [9.17, 15) is 0 Å². The second-order valence-electron chi connectivity index (χ2n) is 5.41. The number of nitrogens with one attached hydrogen (secondary N) is 1. The van der Waals surface area contributed by atoms with Crippen LogP contribution in [0.4, 0.5) is 0 Å². The van der Waals surface area contributed by atoms with Crippen LogP contribution in [-0.4, -0.2) is 31.3 Å². The quantitative estimate of drug-likeness (QED) is 0.397. The summed E-state index contributed by atoms with van der Waals surface area (Å²) in [5.74, 6) is 0.144. The lowest BCUT2D eigenvalue weighted by molar-refractivity contribution is 0.0375. The molecule has 1 saturated heterocycles. The van der Waals surface area contributed by atoms with Crippen molar-refractivity contribution in [2.24, 2.45) is 16.5 Å². The molecule has 1 aliphatic rings. The fraction of sp³-hybridized carbons (Fsp3) is 0.533. The van der Waals surface area contributed by atoms with Crippen LogP contribution in [0.2, 0.25) is 0 Å². The third-order valence-electron chi connectivity index (χ3n) is 3.84. The molecule has 1 aromatic carbocycles. The van der Waals surface area contributed by atoms with Gasteiger partial charge >= 0.3 is 0 Å². The third-order valence-corrected chi connectivity index (χ3v) is 3.84. The molecule has 0 spiro atoms. The summed E-state index contributed by atoms with van der Waals surface area (Å²) in [6, 6.07) is 10.7. The van der Waals surface area contributed by atoms with Crippen molar-refractivity contribution in [1.29, 1.82) is 0 Å². The van der Waals surface area contributed by atoms with Crippen molar-refractivity contribution in [2.75, 3.05) is 19.8 Å². The molecule has 2 rings (SSSR count). The van der Waals surface area contributed by atoms with Crippen molar-refractivity contribution < 1.29 is 4.74 Å². The lowest BCUT2D eigenvalue weighted by atomic mass is 9.88. The molecule has 0 amide bonds. The zero-order valence-corrected chi connectivity index (χ0v) is 14.7. The van der Waals surface area contributed by atoms with E-state index in [1.165, 1.54) is 5.56 Å². The van der Waals surface area contributed by atoms with Crippen LogP contribution < -0.4 is 16.8 Å². The first-order valence-corrected chi connectivity index (χ1v) is 7.07. The van der Waals surface area contributed by atoms with Gasteiger partial charge in [0.15, 0.2) is 5.96 Å². The Balaban J connectivity index is 0.00000220. The molecule has 1 heterocycles. The number of nitrogens with two attached hydrogens (primary N) is 2. The van der Waals surface area contributed by atoms with Gasteiger partial charge in [-0.05, 0) is 25.3 Å². The SMILES string of the molecule is CC(NC1(CN=C(N)N)CCOCC1)c1ccccc1.I. The van der Waals surface area contributed by atoms with E-state index in [2.05, 4.69) is 41.5 Å². The van der Waals surface area contributed by atoms with E-state index in [1.54, 1.807) is 0 Å². The van der Waals surface area contributed by atoms with E-state index in [1.807, 2.05) is 6.07 Å². The Morgan fingerprint density at radius 2 is 1.90 bits per heavy atom. The van der Waals surface area contributed by atoms with Crippen LogP contribution >= 0.6 is 24.0 Å². The van der Waals surface area contributed by atoms with Gasteiger partial charge in [0, 0.05) is 24.8 Å². The second kappa shape index (κ2) is 8.55. The van der Waals surface area contributed by atoms with Gasteiger partial charge in [0.25, 0.3) is 0 Å². The fourth-order valence-corrected chi connectivity index (χ4v) is 2.64. The number of aliphatic imine (C=N–C) groups is 1. The van der Waals surface area contributed by atoms with Gasteiger partial charge in [-0.25, -0.2) is 0 Å². The van der Waals surface area contributed by atoms with Crippen LogP contribution in [0, 0.1) is 0 Å². The van der Waals surface area contributed by atoms with E-state index in [0.717, 1.165) is 26.1 Å². The Morgan fingerprint density at radius 1 is 1.29 bits per heavy atom. The summed E-state index contributed by atoms with van der Waals surface area (Å²) >= 11 is 0. The van der Waals surface area contributed by atoms with E-state index >= 15 is 0 Å². The zero-order chi connectivity index (χ0) is 14.4. The molecule has 1 aromatic rings. The van der Waals surface area contributed by atoms with Crippen LogP contribution in [0.3, 0.4) is 0 Å². The number of rotatable bonds is 5. The van der Waals surface area contributed by atoms with Crippen LogP contribution in [0.15, 0.2) is 35.3 Å². The number of guanidine groups is 1. The molecule has 0 saturated carbocycles. The molecule has 21 heavy (non-hydrogen) atoms. The summed E-state index contributed by atoms with van der Waals surface area (Å²) in [7, 11) is 0. The number of hydrogen-bond acceptors (Lipinski definition) is 3. The molecule has 1 fully saturated rings. The number of benzene rings is 1. The Kier molecular flexibility index (Phi) is 7.41. The highest BCUT2D eigenvalue weighted by Crippen LogP contribution is 2.25. The predicted octanol–water partition coefficient (Wildman–Crippen LogP) is 1.78. The highest BCUT2D eigenvalue weighted by atomic mass is 127. The normalized spacial score (nSPS) is 18.3. The van der Waals surface area contributed by atoms with Crippen molar-refractivity contribution in [3.63, 3.8) is 0 Å². The van der Waals surface area contributed by atoms with Crippen LogP contribution in [-0.2, 0) is 4.74 Å². The lowest BCUT2D eigenvalue weighted by Gasteiger charge is -2.39. The van der Waals surface area contributed by atoms with Gasteiger partial charge in [0.1, 0.15) is 0 Å².